The maximum atomic E-state index is 12.9. The molecule has 2 fully saturated rings. The molecule has 0 bridgehead atoms. The third kappa shape index (κ3) is 6.80. The number of hydrogen-bond acceptors (Lipinski definition) is 8. The number of amides is 3. The van der Waals surface area contributed by atoms with Gasteiger partial charge in [-0.1, -0.05) is 17.7 Å². The second-order valence-electron chi connectivity index (χ2n) is 9.36. The van der Waals surface area contributed by atoms with E-state index < -0.39 is 40.7 Å². The van der Waals surface area contributed by atoms with E-state index in [9.17, 15) is 24.3 Å². The fraction of sp³-hybridized carbons (Fsp3) is 0.440. The van der Waals surface area contributed by atoms with Gasteiger partial charge in [0.25, 0.3) is 11.8 Å². The van der Waals surface area contributed by atoms with Crippen molar-refractivity contribution in [2.45, 2.75) is 44.2 Å². The number of primary amides is 1. The Morgan fingerprint density at radius 1 is 1.27 bits per heavy atom. The first-order chi connectivity index (χ1) is 17.4. The van der Waals surface area contributed by atoms with Crippen LogP contribution in [-0.4, -0.2) is 65.0 Å². The summed E-state index contributed by atoms with van der Waals surface area (Å²) in [6, 6.07) is 5.20. The third-order valence-electron chi connectivity index (χ3n) is 6.55. The highest BCUT2D eigenvalue weighted by molar-refractivity contribution is 6.35. The summed E-state index contributed by atoms with van der Waals surface area (Å²) in [5.41, 5.74) is 4.66. The van der Waals surface area contributed by atoms with Gasteiger partial charge in [0.15, 0.2) is 11.7 Å². The van der Waals surface area contributed by atoms with E-state index in [4.69, 9.17) is 22.4 Å². The molecule has 200 valence electrons. The van der Waals surface area contributed by atoms with Crippen molar-refractivity contribution in [2.24, 2.45) is 11.7 Å². The highest BCUT2D eigenvalue weighted by Gasteiger charge is 2.51. The minimum Gasteiger partial charge on any atom is -0.495 e. The maximum Gasteiger partial charge on any atom is 0.259 e. The topological polar surface area (TPSA) is 174 Å². The molecule has 1 saturated heterocycles. The lowest BCUT2D eigenvalue weighted by atomic mass is 9.95. The van der Waals surface area contributed by atoms with Crippen LogP contribution in [0.1, 0.15) is 43.0 Å². The number of halogens is 1. The molecule has 1 aromatic rings. The largest absolute Gasteiger partial charge is 0.495 e. The van der Waals surface area contributed by atoms with Gasteiger partial charge in [-0.25, -0.2) is 0 Å². The molecule has 0 spiro atoms. The summed E-state index contributed by atoms with van der Waals surface area (Å²) in [5, 5.41) is 26.9. The van der Waals surface area contributed by atoms with Crippen LogP contribution in [0.3, 0.4) is 0 Å². The highest BCUT2D eigenvalue weighted by Crippen LogP contribution is 2.36. The number of benzene rings is 1. The molecular formula is C25H32ClN5O6. The van der Waals surface area contributed by atoms with Crippen molar-refractivity contribution < 1.29 is 29.4 Å². The Bertz CT molecular complexity index is 1120. The second kappa shape index (κ2) is 11.7. The molecule has 1 aromatic carbocycles. The van der Waals surface area contributed by atoms with E-state index in [1.807, 2.05) is 6.07 Å². The Labute approximate surface area is 219 Å². The van der Waals surface area contributed by atoms with Crippen molar-refractivity contribution in [2.75, 3.05) is 24.5 Å². The molecule has 2 aliphatic rings. The number of carbonyl (C=O) groups is 4. The van der Waals surface area contributed by atoms with Gasteiger partial charge in [0, 0.05) is 31.5 Å². The molecule has 1 aliphatic carbocycles. The molecule has 1 aliphatic heterocycles. The molecule has 3 amide bonds. The average molecular weight is 534 g/mol. The fourth-order valence-electron chi connectivity index (χ4n) is 4.24. The number of hydrogen-bond donors (Lipinski definition) is 6. The number of piperidine rings is 1. The minimum atomic E-state index is -1.17. The van der Waals surface area contributed by atoms with E-state index >= 15 is 0 Å². The van der Waals surface area contributed by atoms with Crippen LogP contribution in [0.15, 0.2) is 42.4 Å². The van der Waals surface area contributed by atoms with E-state index in [0.717, 1.165) is 19.0 Å². The number of aliphatic hydroxyl groups excluding tert-OH is 2. The average Bonchev–Trinajstić information content (AvgIpc) is 3.62. The van der Waals surface area contributed by atoms with E-state index in [2.05, 4.69) is 27.4 Å². The number of Topliss-reactive ketones (excluding diaryl/α,β-unsaturated/α-hetero) is 1. The fourth-order valence-corrected chi connectivity index (χ4v) is 4.50. The van der Waals surface area contributed by atoms with E-state index in [-0.39, 0.29) is 11.8 Å². The van der Waals surface area contributed by atoms with Crippen LogP contribution < -0.4 is 26.6 Å². The van der Waals surface area contributed by atoms with Crippen LogP contribution in [0.5, 0.6) is 0 Å². The van der Waals surface area contributed by atoms with Gasteiger partial charge in [-0.15, -0.1) is 0 Å². The first kappa shape index (κ1) is 28.0. The van der Waals surface area contributed by atoms with Gasteiger partial charge in [0.05, 0.1) is 10.6 Å². The maximum absolute atomic E-state index is 12.9. The van der Waals surface area contributed by atoms with Crippen molar-refractivity contribution in [1.82, 2.24) is 16.0 Å². The zero-order valence-corrected chi connectivity index (χ0v) is 21.3. The van der Waals surface area contributed by atoms with Crippen LogP contribution in [0.4, 0.5) is 5.69 Å². The summed E-state index contributed by atoms with van der Waals surface area (Å²) in [5.74, 6) is -2.91. The van der Waals surface area contributed by atoms with Crippen LogP contribution in [0, 0.1) is 5.92 Å². The van der Waals surface area contributed by atoms with Crippen LogP contribution in [-0.2, 0) is 14.4 Å². The molecule has 1 saturated carbocycles. The minimum absolute atomic E-state index is 0.183. The van der Waals surface area contributed by atoms with E-state index in [1.165, 1.54) is 6.92 Å². The standard InChI is InChI=1S/C25H32ClN5O6/c1-14(32)21(34)20-18(26)4-3-5-19(20)31-10-6-16(7-11-31)12-29-24(37)25(8-9-25)30-23(36)17(22(27)35)13-28-15(2)33/h3-5,13-14,16,28,32-33H,2,6-12H2,1H3,(H2,27,35)(H,29,37)(H,30,36). The summed E-state index contributed by atoms with van der Waals surface area (Å²) >= 11 is 6.27. The number of nitrogens with zero attached hydrogens (tertiary/aromatic N) is 1. The predicted octanol–water partition coefficient (Wildman–Crippen LogP) is 0.873. The number of ketones is 1. The first-order valence-electron chi connectivity index (χ1n) is 12.0. The van der Waals surface area contributed by atoms with Gasteiger partial charge >= 0.3 is 0 Å². The van der Waals surface area contributed by atoms with Crippen LogP contribution in [0.25, 0.3) is 0 Å². The number of nitrogens with two attached hydrogens (primary N) is 1. The molecule has 1 unspecified atom stereocenters. The summed E-state index contributed by atoms with van der Waals surface area (Å²) in [7, 11) is 0. The molecule has 1 heterocycles. The normalized spacial score (nSPS) is 17.9. The van der Waals surface area contributed by atoms with Crippen molar-refractivity contribution in [3.63, 3.8) is 0 Å². The molecule has 7 N–H and O–H groups in total. The number of aliphatic hydroxyl groups is 2. The number of rotatable bonds is 11. The lowest BCUT2D eigenvalue weighted by molar-refractivity contribution is -0.129. The predicted molar refractivity (Wildman–Crippen MR) is 138 cm³/mol. The van der Waals surface area contributed by atoms with E-state index in [0.29, 0.717) is 48.7 Å². The summed E-state index contributed by atoms with van der Waals surface area (Å²) in [4.78, 5) is 51.5. The Kier molecular flexibility index (Phi) is 8.82. The second-order valence-corrected chi connectivity index (χ2v) is 9.77. The number of anilines is 1. The summed E-state index contributed by atoms with van der Waals surface area (Å²) in [6.45, 7) is 6.28. The molecular weight excluding hydrogens is 502 g/mol. The first-order valence-corrected chi connectivity index (χ1v) is 12.3. The number of nitrogens with one attached hydrogen (secondary N) is 3. The van der Waals surface area contributed by atoms with Crippen LogP contribution in [0.2, 0.25) is 5.02 Å². The molecule has 37 heavy (non-hydrogen) atoms. The van der Waals surface area contributed by atoms with Crippen molar-refractivity contribution in [1.29, 1.82) is 0 Å². The smallest absolute Gasteiger partial charge is 0.259 e. The monoisotopic (exact) mass is 533 g/mol. The Morgan fingerprint density at radius 3 is 2.46 bits per heavy atom. The van der Waals surface area contributed by atoms with Gasteiger partial charge in [-0.2, -0.15) is 0 Å². The Hall–Kier alpha value is -3.57. The lowest BCUT2D eigenvalue weighted by Gasteiger charge is -2.35. The number of carbonyl (C=O) groups excluding carboxylic acids is 4. The third-order valence-corrected chi connectivity index (χ3v) is 6.87. The molecule has 0 aromatic heterocycles. The van der Waals surface area contributed by atoms with Gasteiger partial charge in [-0.05, 0) is 57.2 Å². The molecule has 1 atom stereocenters. The highest BCUT2D eigenvalue weighted by atomic mass is 35.5. The van der Waals surface area contributed by atoms with Crippen LogP contribution >= 0.6 is 11.6 Å². The van der Waals surface area contributed by atoms with Crippen molar-refractivity contribution in [3.05, 3.63) is 53.0 Å². The zero-order valence-electron chi connectivity index (χ0n) is 20.6. The lowest BCUT2D eigenvalue weighted by Crippen LogP contribution is -2.51. The molecule has 11 nitrogen and oxygen atoms in total. The molecule has 3 rings (SSSR count). The van der Waals surface area contributed by atoms with Gasteiger partial charge in [-0.3, -0.25) is 19.2 Å². The molecule has 0 radical (unpaired) electrons. The van der Waals surface area contributed by atoms with E-state index in [1.54, 1.807) is 12.1 Å². The molecule has 12 heteroatoms. The van der Waals surface area contributed by atoms with Crippen molar-refractivity contribution >= 4 is 40.8 Å². The summed E-state index contributed by atoms with van der Waals surface area (Å²) < 4.78 is 0. The van der Waals surface area contributed by atoms with Crippen molar-refractivity contribution in [3.8, 4) is 0 Å². The summed E-state index contributed by atoms with van der Waals surface area (Å²) in [6.07, 6.45) is 2.11. The quantitative estimate of drug-likeness (QED) is 0.0798. The Balaban J connectivity index is 1.55. The SMILES string of the molecule is C=C(O)NC=C(C(N)=O)C(=O)NC1(C(=O)NCC2CCN(c3cccc(Cl)c3C(=O)C(C)O)CC2)CC1. The zero-order chi connectivity index (χ0) is 27.3. The van der Waals surface area contributed by atoms with Gasteiger partial charge in [0.2, 0.25) is 5.91 Å². The van der Waals surface area contributed by atoms with Gasteiger partial charge < -0.3 is 36.8 Å². The Morgan fingerprint density at radius 2 is 1.92 bits per heavy atom. The van der Waals surface area contributed by atoms with Gasteiger partial charge in [0.1, 0.15) is 17.2 Å².